The molecule has 32 heavy (non-hydrogen) atoms. The first-order valence-corrected chi connectivity index (χ1v) is 11.3. The second-order valence-corrected chi connectivity index (χ2v) is 9.63. The van der Waals surface area contributed by atoms with Crippen LogP contribution in [0.1, 0.15) is 32.3 Å². The quantitative estimate of drug-likeness (QED) is 0.555. The van der Waals surface area contributed by atoms with Crippen LogP contribution in [0.25, 0.3) is 0 Å². The van der Waals surface area contributed by atoms with E-state index in [1.165, 1.54) is 26.5 Å². The Balaban J connectivity index is 1.62. The molecule has 5 aliphatic rings. The largest absolute Gasteiger partial charge is 0.503 e. The van der Waals surface area contributed by atoms with Gasteiger partial charge in [0.05, 0.1) is 31.4 Å². The number of amides is 1. The Labute approximate surface area is 186 Å². The van der Waals surface area contributed by atoms with Crippen molar-refractivity contribution < 1.29 is 28.9 Å². The molecule has 2 saturated heterocycles. The van der Waals surface area contributed by atoms with E-state index >= 15 is 0 Å². The fourth-order valence-electron chi connectivity index (χ4n) is 7.49. The molecule has 170 valence electrons. The smallest absolute Gasteiger partial charge is 0.304 e. The standard InChI is InChI=1S/C24H28N2O6/c1-12(27)26-20-16(4-5-17(30-3)21(20)29)24-7-8-25-11-14-6-9-31-23(32-13(2)28)19(22(24)26)15(14)10-18(24)25/h4-6,15,18-19,22-23,29H,7-11H2,1-3H3/t15-,18-,19+,22-,23+,24+/m0/s1. The zero-order chi connectivity index (χ0) is 22.4. The molecule has 4 aliphatic heterocycles. The fraction of sp³-hybridized carbons (Fsp3) is 0.583. The van der Waals surface area contributed by atoms with Crippen LogP contribution in [-0.4, -0.2) is 67.1 Å². The summed E-state index contributed by atoms with van der Waals surface area (Å²) in [5, 5.41) is 11.2. The summed E-state index contributed by atoms with van der Waals surface area (Å²) in [7, 11) is 1.51. The van der Waals surface area contributed by atoms with Gasteiger partial charge in [0, 0.05) is 31.8 Å². The van der Waals surface area contributed by atoms with Crippen LogP contribution < -0.4 is 9.64 Å². The predicted octanol–water partition coefficient (Wildman–Crippen LogP) is 1.94. The van der Waals surface area contributed by atoms with E-state index < -0.39 is 12.3 Å². The minimum Gasteiger partial charge on any atom is -0.503 e. The number of esters is 1. The zero-order valence-corrected chi connectivity index (χ0v) is 18.5. The highest BCUT2D eigenvalue weighted by molar-refractivity contribution is 5.99. The second kappa shape index (κ2) is 6.71. The van der Waals surface area contributed by atoms with Crippen LogP contribution in [0.4, 0.5) is 5.69 Å². The molecule has 1 spiro atoms. The lowest BCUT2D eigenvalue weighted by Gasteiger charge is -2.56. The highest BCUT2D eigenvalue weighted by Gasteiger charge is 2.70. The molecule has 2 bridgehead atoms. The number of anilines is 1. The van der Waals surface area contributed by atoms with Crippen molar-refractivity contribution >= 4 is 17.6 Å². The molecular weight excluding hydrogens is 412 g/mol. The number of methoxy groups -OCH3 is 1. The molecule has 1 saturated carbocycles. The maximum Gasteiger partial charge on any atom is 0.304 e. The molecule has 1 aliphatic carbocycles. The summed E-state index contributed by atoms with van der Waals surface area (Å²) in [6.45, 7) is 5.10. The maximum absolute atomic E-state index is 13.2. The van der Waals surface area contributed by atoms with E-state index in [2.05, 4.69) is 11.0 Å². The molecule has 1 aromatic carbocycles. The minimum atomic E-state index is -0.749. The van der Waals surface area contributed by atoms with Crippen LogP contribution in [-0.2, 0) is 24.5 Å². The second-order valence-electron chi connectivity index (χ2n) is 9.63. The predicted molar refractivity (Wildman–Crippen MR) is 114 cm³/mol. The molecular formula is C24H28N2O6. The zero-order valence-electron chi connectivity index (χ0n) is 18.5. The summed E-state index contributed by atoms with van der Waals surface area (Å²) in [4.78, 5) is 29.5. The van der Waals surface area contributed by atoms with Crippen molar-refractivity contribution in [1.82, 2.24) is 4.90 Å². The van der Waals surface area contributed by atoms with Gasteiger partial charge < -0.3 is 24.2 Å². The molecule has 8 nitrogen and oxygen atoms in total. The third-order valence-electron chi connectivity index (χ3n) is 8.44. The SMILES string of the molecule is COc1ccc2c(c1O)N(C(C)=O)[C@H]1[C@@H]3[C@@H](OC(C)=O)OCC=C4CN5CC[C@]21[C@@H]5C[C@@H]43. The van der Waals surface area contributed by atoms with Gasteiger partial charge in [0.2, 0.25) is 12.2 Å². The summed E-state index contributed by atoms with van der Waals surface area (Å²) in [6.07, 6.45) is 3.17. The van der Waals surface area contributed by atoms with Crippen molar-refractivity contribution in [3.05, 3.63) is 29.3 Å². The third kappa shape index (κ3) is 2.34. The van der Waals surface area contributed by atoms with Crippen molar-refractivity contribution in [2.24, 2.45) is 11.8 Å². The van der Waals surface area contributed by atoms with Crippen LogP contribution in [0.3, 0.4) is 0 Å². The Hall–Kier alpha value is -2.58. The number of carbonyl (C=O) groups excluding carboxylic acids is 2. The number of ether oxygens (including phenoxy) is 3. The molecule has 1 aromatic rings. The first-order chi connectivity index (χ1) is 15.4. The Morgan fingerprint density at radius 2 is 2.09 bits per heavy atom. The highest BCUT2D eigenvalue weighted by atomic mass is 16.7. The summed E-state index contributed by atoms with van der Waals surface area (Å²) in [5.41, 5.74) is 2.47. The number of fused-ring (bicyclic) bond motifs is 2. The van der Waals surface area contributed by atoms with Crippen LogP contribution in [0, 0.1) is 11.8 Å². The molecule has 0 radical (unpaired) electrons. The number of hydrogen-bond donors (Lipinski definition) is 1. The first kappa shape index (κ1) is 20.1. The molecule has 0 unspecified atom stereocenters. The molecule has 6 atom stereocenters. The number of carbonyl (C=O) groups is 2. The number of benzene rings is 1. The van der Waals surface area contributed by atoms with E-state index in [0.29, 0.717) is 18.0 Å². The van der Waals surface area contributed by atoms with Crippen LogP contribution >= 0.6 is 0 Å². The molecule has 8 heteroatoms. The van der Waals surface area contributed by atoms with Crippen molar-refractivity contribution in [3.63, 3.8) is 0 Å². The number of piperidine rings is 1. The Morgan fingerprint density at radius 1 is 1.28 bits per heavy atom. The topological polar surface area (TPSA) is 88.5 Å². The summed E-state index contributed by atoms with van der Waals surface area (Å²) in [5.74, 6) is -0.270. The van der Waals surface area contributed by atoms with Gasteiger partial charge in [0.1, 0.15) is 0 Å². The monoisotopic (exact) mass is 440 g/mol. The van der Waals surface area contributed by atoms with Gasteiger partial charge in [-0.05, 0) is 36.9 Å². The Morgan fingerprint density at radius 3 is 2.81 bits per heavy atom. The van der Waals surface area contributed by atoms with E-state index in [1.807, 2.05) is 6.07 Å². The summed E-state index contributed by atoms with van der Waals surface area (Å²) >= 11 is 0. The van der Waals surface area contributed by atoms with Gasteiger partial charge in [-0.2, -0.15) is 0 Å². The molecule has 6 rings (SSSR count). The Bertz CT molecular complexity index is 1050. The lowest BCUT2D eigenvalue weighted by Crippen LogP contribution is -2.66. The van der Waals surface area contributed by atoms with Gasteiger partial charge in [0.25, 0.3) is 0 Å². The number of hydrogen-bond acceptors (Lipinski definition) is 7. The van der Waals surface area contributed by atoms with Crippen molar-refractivity contribution in [2.75, 3.05) is 31.7 Å². The lowest BCUT2D eigenvalue weighted by atomic mass is 9.55. The van der Waals surface area contributed by atoms with Crippen LogP contribution in [0.5, 0.6) is 11.5 Å². The Kier molecular flexibility index (Phi) is 4.21. The summed E-state index contributed by atoms with van der Waals surface area (Å²) in [6, 6.07) is 3.77. The number of phenols is 1. The van der Waals surface area contributed by atoms with Gasteiger partial charge in [-0.3, -0.25) is 14.5 Å². The third-order valence-corrected chi connectivity index (χ3v) is 8.44. The van der Waals surface area contributed by atoms with E-state index in [1.54, 1.807) is 11.0 Å². The summed E-state index contributed by atoms with van der Waals surface area (Å²) < 4.78 is 17.2. The number of aromatic hydroxyl groups is 1. The maximum atomic E-state index is 13.2. The molecule has 1 N–H and O–H groups in total. The lowest BCUT2D eigenvalue weighted by molar-refractivity contribution is -0.197. The van der Waals surface area contributed by atoms with Gasteiger partial charge in [-0.1, -0.05) is 17.7 Å². The van der Waals surface area contributed by atoms with E-state index in [9.17, 15) is 14.7 Å². The molecule has 4 heterocycles. The average molecular weight is 440 g/mol. The first-order valence-electron chi connectivity index (χ1n) is 11.3. The van der Waals surface area contributed by atoms with Gasteiger partial charge >= 0.3 is 5.97 Å². The van der Waals surface area contributed by atoms with Gasteiger partial charge in [0.15, 0.2) is 11.5 Å². The normalized spacial score (nSPS) is 36.7. The molecule has 1 amide bonds. The van der Waals surface area contributed by atoms with E-state index in [-0.39, 0.29) is 41.0 Å². The number of rotatable bonds is 2. The van der Waals surface area contributed by atoms with E-state index in [0.717, 1.165) is 31.5 Å². The van der Waals surface area contributed by atoms with Crippen LogP contribution in [0.15, 0.2) is 23.8 Å². The van der Waals surface area contributed by atoms with Crippen LogP contribution in [0.2, 0.25) is 0 Å². The fourth-order valence-corrected chi connectivity index (χ4v) is 7.49. The molecule has 0 aromatic heterocycles. The van der Waals surface area contributed by atoms with Crippen molar-refractivity contribution in [3.8, 4) is 11.5 Å². The number of phenolic OH excluding ortho intramolecular Hbond substituents is 1. The minimum absolute atomic E-state index is 0.00804. The van der Waals surface area contributed by atoms with Gasteiger partial charge in [-0.25, -0.2) is 0 Å². The van der Waals surface area contributed by atoms with Gasteiger partial charge in [-0.15, -0.1) is 0 Å². The highest BCUT2D eigenvalue weighted by Crippen LogP contribution is 2.66. The number of nitrogens with zero attached hydrogens (tertiary/aromatic N) is 2. The molecule has 3 fully saturated rings. The van der Waals surface area contributed by atoms with E-state index in [4.69, 9.17) is 14.2 Å². The van der Waals surface area contributed by atoms with Crippen molar-refractivity contribution in [1.29, 1.82) is 0 Å². The van der Waals surface area contributed by atoms with Crippen molar-refractivity contribution in [2.45, 2.75) is 50.5 Å². The average Bonchev–Trinajstić information content (AvgIpc) is 3.22.